The van der Waals surface area contributed by atoms with Gasteiger partial charge in [0.15, 0.2) is 0 Å². The maximum Gasteiger partial charge on any atom is 0.218 e. The van der Waals surface area contributed by atoms with Gasteiger partial charge >= 0.3 is 0 Å². The summed E-state index contributed by atoms with van der Waals surface area (Å²) in [4.78, 5) is 18.1. The minimum atomic E-state index is -0.285. The van der Waals surface area contributed by atoms with E-state index in [9.17, 15) is 4.79 Å². The van der Waals surface area contributed by atoms with E-state index in [4.69, 9.17) is 21.9 Å². The largest absolute Gasteiger partial charge is 0.396 e. The molecule has 2 rings (SSSR count). The Kier molecular flexibility index (Phi) is 10.2. The van der Waals surface area contributed by atoms with Crippen molar-refractivity contribution in [2.75, 3.05) is 57.2 Å². The van der Waals surface area contributed by atoms with E-state index >= 15 is 0 Å². The number of aryl methyl sites for hydroxylation is 1. The van der Waals surface area contributed by atoms with Crippen molar-refractivity contribution in [2.24, 2.45) is 16.6 Å². The van der Waals surface area contributed by atoms with Crippen molar-refractivity contribution in [3.63, 3.8) is 0 Å². The number of anilines is 3. The number of fused-ring (bicyclic) bond motifs is 1. The number of ether oxygens (including phenoxy) is 1. The molecule has 0 spiro atoms. The van der Waals surface area contributed by atoms with Gasteiger partial charge in [0.1, 0.15) is 11.5 Å². The molecule has 1 heterocycles. The van der Waals surface area contributed by atoms with Gasteiger partial charge in [-0.25, -0.2) is 4.98 Å². The molecule has 0 unspecified atom stereocenters. The van der Waals surface area contributed by atoms with Crippen molar-refractivity contribution < 1.29 is 9.53 Å². The van der Waals surface area contributed by atoms with E-state index in [0.717, 1.165) is 49.7 Å². The van der Waals surface area contributed by atoms with Gasteiger partial charge in [-0.1, -0.05) is 46.2 Å². The van der Waals surface area contributed by atoms with Gasteiger partial charge in [-0.15, -0.1) is 0 Å². The van der Waals surface area contributed by atoms with Crippen LogP contribution in [0.3, 0.4) is 0 Å². The van der Waals surface area contributed by atoms with Crippen molar-refractivity contribution in [1.29, 1.82) is 0 Å². The number of aromatic nitrogens is 1. The summed E-state index contributed by atoms with van der Waals surface area (Å²) in [6.45, 7) is 11.6. The van der Waals surface area contributed by atoms with Crippen LogP contribution in [0.2, 0.25) is 0 Å². The lowest BCUT2D eigenvalue weighted by molar-refractivity contribution is -0.121. The summed E-state index contributed by atoms with van der Waals surface area (Å²) in [5.74, 6) is 0.146. The monoisotopic (exact) mass is 486 g/mol. The number of hydrogen-bond acceptors (Lipinski definition) is 7. The van der Waals surface area contributed by atoms with Crippen LogP contribution in [-0.4, -0.2) is 56.2 Å². The number of nitrogen functional groups attached to an aromatic ring is 2. The summed E-state index contributed by atoms with van der Waals surface area (Å²) in [6.07, 6.45) is 4.78. The number of nitrogens with zero attached hydrogens (tertiary/aromatic N) is 2. The minimum Gasteiger partial charge on any atom is -0.396 e. The molecular weight excluding hydrogens is 440 g/mol. The molecule has 0 bridgehead atoms. The Labute approximate surface area is 211 Å². The van der Waals surface area contributed by atoms with Crippen LogP contribution in [-0.2, 0) is 16.0 Å². The molecule has 2 aromatic rings. The lowest BCUT2D eigenvalue weighted by Crippen LogP contribution is -2.36. The normalized spacial score (nSPS) is 12.4. The average Bonchev–Trinajstić information content (AvgIpc) is 2.71. The lowest BCUT2D eigenvalue weighted by Gasteiger charge is -2.32. The predicted molar refractivity (Wildman–Crippen MR) is 147 cm³/mol. The average molecular weight is 487 g/mol. The zero-order chi connectivity index (χ0) is 26.2. The smallest absolute Gasteiger partial charge is 0.218 e. The van der Waals surface area contributed by atoms with Gasteiger partial charge in [0.2, 0.25) is 5.91 Å². The standard InChI is InChI=1S/C27H46N6O2/c1-26(2,15-22(28)34)17-35-18-27(3,4)16-33(6)13-9-7-8-10-19-11-12-20-21(14-19)32-25(30)24(31-5)23(20)29/h11-12,14,31H,7-10,13,15-18H2,1-6H3,(H2,28,34)(H4,29,30,32). The Balaban J connectivity index is 1.72. The number of primary amides is 1. The molecule has 1 aromatic heterocycles. The fourth-order valence-electron chi connectivity index (χ4n) is 4.64. The molecule has 0 saturated carbocycles. The topological polar surface area (TPSA) is 133 Å². The fourth-order valence-corrected chi connectivity index (χ4v) is 4.64. The molecule has 1 amide bonds. The molecule has 0 radical (unpaired) electrons. The molecule has 8 nitrogen and oxygen atoms in total. The van der Waals surface area contributed by atoms with Crippen LogP contribution in [0.1, 0.15) is 58.9 Å². The summed E-state index contributed by atoms with van der Waals surface area (Å²) < 4.78 is 5.96. The quantitative estimate of drug-likeness (QED) is 0.279. The second-order valence-corrected chi connectivity index (χ2v) is 11.4. The van der Waals surface area contributed by atoms with Crippen molar-refractivity contribution >= 4 is 34.0 Å². The van der Waals surface area contributed by atoms with Gasteiger partial charge in [0, 0.05) is 30.8 Å². The number of nitrogens with two attached hydrogens (primary N) is 3. The highest BCUT2D eigenvalue weighted by molar-refractivity contribution is 6.00. The first-order valence-corrected chi connectivity index (χ1v) is 12.5. The maximum atomic E-state index is 11.2. The number of pyridine rings is 1. The van der Waals surface area contributed by atoms with Crippen molar-refractivity contribution in [1.82, 2.24) is 9.88 Å². The Bertz CT molecular complexity index is 989. The Hall–Kier alpha value is -2.58. The second-order valence-electron chi connectivity index (χ2n) is 11.4. The summed E-state index contributed by atoms with van der Waals surface area (Å²) in [5, 5.41) is 3.95. The summed E-state index contributed by atoms with van der Waals surface area (Å²) >= 11 is 0. The van der Waals surface area contributed by atoms with E-state index < -0.39 is 0 Å². The number of hydrogen-bond donors (Lipinski definition) is 4. The highest BCUT2D eigenvalue weighted by Crippen LogP contribution is 2.32. The van der Waals surface area contributed by atoms with E-state index in [0.29, 0.717) is 36.8 Å². The molecule has 0 saturated heterocycles. The number of nitrogens with one attached hydrogen (secondary N) is 1. The Morgan fingerprint density at radius 1 is 1.09 bits per heavy atom. The predicted octanol–water partition coefficient (Wildman–Crippen LogP) is 4.03. The summed E-state index contributed by atoms with van der Waals surface area (Å²) in [6, 6.07) is 6.27. The van der Waals surface area contributed by atoms with Crippen LogP contribution in [0.25, 0.3) is 10.9 Å². The first kappa shape index (κ1) is 28.7. The third kappa shape index (κ3) is 9.18. The van der Waals surface area contributed by atoms with Gasteiger partial charge in [-0.2, -0.15) is 0 Å². The van der Waals surface area contributed by atoms with E-state index in [-0.39, 0.29) is 16.7 Å². The molecule has 8 heteroatoms. The molecule has 196 valence electrons. The Morgan fingerprint density at radius 2 is 1.77 bits per heavy atom. The SMILES string of the molecule is CNc1c(N)nc2cc(CCCCCN(C)CC(C)(C)COCC(C)(C)CC(N)=O)ccc2c1N. The van der Waals surface area contributed by atoms with Gasteiger partial charge in [-0.3, -0.25) is 4.79 Å². The first-order valence-electron chi connectivity index (χ1n) is 12.5. The summed E-state index contributed by atoms with van der Waals surface area (Å²) in [5.41, 5.74) is 20.9. The molecule has 35 heavy (non-hydrogen) atoms. The Morgan fingerprint density at radius 3 is 2.43 bits per heavy atom. The highest BCUT2D eigenvalue weighted by Gasteiger charge is 2.25. The van der Waals surface area contributed by atoms with Crippen molar-refractivity contribution in [3.8, 4) is 0 Å². The number of rotatable bonds is 15. The van der Waals surface area contributed by atoms with Crippen LogP contribution >= 0.6 is 0 Å². The second kappa shape index (κ2) is 12.4. The van der Waals surface area contributed by atoms with Crippen molar-refractivity contribution in [3.05, 3.63) is 23.8 Å². The third-order valence-corrected chi connectivity index (χ3v) is 6.21. The molecule has 0 atom stereocenters. The molecule has 0 aliphatic carbocycles. The van der Waals surface area contributed by atoms with Crippen LogP contribution in [0, 0.1) is 10.8 Å². The number of carbonyl (C=O) groups excluding carboxylic acids is 1. The number of carbonyl (C=O) groups is 1. The van der Waals surface area contributed by atoms with Gasteiger partial charge < -0.3 is 32.2 Å². The molecule has 0 aliphatic rings. The maximum absolute atomic E-state index is 11.2. The van der Waals surface area contributed by atoms with E-state index in [2.05, 4.69) is 48.2 Å². The number of amides is 1. The lowest BCUT2D eigenvalue weighted by atomic mass is 9.89. The molecule has 0 aliphatic heterocycles. The zero-order valence-electron chi connectivity index (χ0n) is 22.5. The third-order valence-electron chi connectivity index (χ3n) is 6.21. The van der Waals surface area contributed by atoms with E-state index in [1.165, 1.54) is 5.56 Å². The van der Waals surface area contributed by atoms with E-state index in [1.54, 1.807) is 7.05 Å². The minimum absolute atomic E-state index is 0.0342. The molecule has 7 N–H and O–H groups in total. The molecular formula is C27H46N6O2. The fraction of sp³-hybridized carbons (Fsp3) is 0.630. The van der Waals surface area contributed by atoms with Gasteiger partial charge in [0.05, 0.1) is 24.4 Å². The van der Waals surface area contributed by atoms with E-state index in [1.807, 2.05) is 19.9 Å². The summed E-state index contributed by atoms with van der Waals surface area (Å²) in [7, 11) is 3.97. The van der Waals surface area contributed by atoms with Crippen LogP contribution in [0.4, 0.5) is 17.2 Å². The number of unbranched alkanes of at least 4 members (excludes halogenated alkanes) is 2. The van der Waals surface area contributed by atoms with Crippen LogP contribution in [0.15, 0.2) is 18.2 Å². The zero-order valence-corrected chi connectivity index (χ0v) is 22.5. The first-order chi connectivity index (χ1) is 16.3. The number of benzene rings is 1. The van der Waals surface area contributed by atoms with Crippen LogP contribution in [0.5, 0.6) is 0 Å². The highest BCUT2D eigenvalue weighted by atomic mass is 16.5. The van der Waals surface area contributed by atoms with Gasteiger partial charge in [-0.05, 0) is 49.9 Å². The molecule has 1 aromatic carbocycles. The van der Waals surface area contributed by atoms with Crippen LogP contribution < -0.4 is 22.5 Å². The van der Waals surface area contributed by atoms with Gasteiger partial charge in [0.25, 0.3) is 0 Å². The molecule has 0 fully saturated rings. The van der Waals surface area contributed by atoms with Crippen molar-refractivity contribution in [2.45, 2.75) is 59.8 Å².